The lowest BCUT2D eigenvalue weighted by Crippen LogP contribution is -2.45. The van der Waals surface area contributed by atoms with E-state index in [-0.39, 0.29) is 12.5 Å². The monoisotopic (exact) mass is 852 g/mol. The Hall–Kier alpha value is -3.73. The molecule has 348 valence electrons. The van der Waals surface area contributed by atoms with Crippen LogP contribution in [0.3, 0.4) is 0 Å². The van der Waals surface area contributed by atoms with E-state index in [0.29, 0.717) is 6.42 Å². The quantitative estimate of drug-likeness (QED) is 0.0423. The highest BCUT2D eigenvalue weighted by Crippen LogP contribution is 2.11. The normalized spacial score (nSPS) is 14.2. The van der Waals surface area contributed by atoms with Gasteiger partial charge in [-0.2, -0.15) is 0 Å². The summed E-state index contributed by atoms with van der Waals surface area (Å²) >= 11 is 0. The van der Waals surface area contributed by atoms with E-state index >= 15 is 0 Å². The average molecular weight is 852 g/mol. The SMILES string of the molecule is CC/C=C\C/C=C\C/C=C\C/C=C\C/C=C\C/C=C\C/C=C\C/C=C\C/C=C\C/C=C\CCCCCCC(=O)NC(CO)C(O)/C=C/CC/C=C/CCCCCCCCCCC. The maximum absolute atomic E-state index is 12.4. The summed E-state index contributed by atoms with van der Waals surface area (Å²) in [5.74, 6) is -0.106. The molecule has 2 unspecified atom stereocenters. The molecule has 0 aliphatic carbocycles. The lowest BCUT2D eigenvalue weighted by Gasteiger charge is -2.19. The van der Waals surface area contributed by atoms with Gasteiger partial charge >= 0.3 is 0 Å². The first-order chi connectivity index (χ1) is 30.7. The number of unbranched alkanes of at least 4 members (excludes halogenated alkanes) is 14. The van der Waals surface area contributed by atoms with Crippen molar-refractivity contribution in [1.82, 2.24) is 5.32 Å². The van der Waals surface area contributed by atoms with E-state index in [9.17, 15) is 15.0 Å². The minimum atomic E-state index is -0.883. The molecule has 0 aromatic carbocycles. The van der Waals surface area contributed by atoms with Crippen LogP contribution in [0.1, 0.15) is 194 Å². The third kappa shape index (κ3) is 47.3. The van der Waals surface area contributed by atoms with Crippen LogP contribution in [-0.2, 0) is 4.79 Å². The summed E-state index contributed by atoms with van der Waals surface area (Å²) in [4.78, 5) is 12.4. The van der Waals surface area contributed by atoms with Gasteiger partial charge in [0, 0.05) is 6.42 Å². The van der Waals surface area contributed by atoms with E-state index in [1.807, 2.05) is 6.08 Å². The Morgan fingerprint density at radius 2 is 0.726 bits per heavy atom. The molecule has 3 N–H and O–H groups in total. The number of aliphatic hydroxyl groups is 2. The van der Waals surface area contributed by atoms with E-state index in [2.05, 4.69) is 153 Å². The van der Waals surface area contributed by atoms with Crippen molar-refractivity contribution in [3.8, 4) is 0 Å². The van der Waals surface area contributed by atoms with Gasteiger partial charge in [0.05, 0.1) is 18.8 Å². The molecule has 62 heavy (non-hydrogen) atoms. The van der Waals surface area contributed by atoms with E-state index in [1.54, 1.807) is 6.08 Å². The number of nitrogens with one attached hydrogen (secondary N) is 1. The van der Waals surface area contributed by atoms with E-state index in [4.69, 9.17) is 0 Å². The molecule has 0 saturated carbocycles. The Labute approximate surface area is 383 Å². The fourth-order valence-corrected chi connectivity index (χ4v) is 6.51. The second-order valence-corrected chi connectivity index (χ2v) is 16.1. The van der Waals surface area contributed by atoms with Crippen molar-refractivity contribution in [3.05, 3.63) is 146 Å². The molecular formula is C58H93NO3. The van der Waals surface area contributed by atoms with Crippen LogP contribution in [0.5, 0.6) is 0 Å². The first-order valence-electron chi connectivity index (χ1n) is 25.0. The number of hydrogen-bond donors (Lipinski definition) is 3. The summed E-state index contributed by atoms with van der Waals surface area (Å²) < 4.78 is 0. The fourth-order valence-electron chi connectivity index (χ4n) is 6.51. The van der Waals surface area contributed by atoms with Gasteiger partial charge in [-0.05, 0) is 109 Å². The van der Waals surface area contributed by atoms with E-state index < -0.39 is 12.1 Å². The number of carbonyl (C=O) groups excluding carboxylic acids is 1. The molecule has 0 spiro atoms. The Morgan fingerprint density at radius 1 is 0.403 bits per heavy atom. The summed E-state index contributed by atoms with van der Waals surface area (Å²) in [5, 5.41) is 23.0. The molecule has 0 saturated heterocycles. The Kier molecular flexibility index (Phi) is 48.5. The lowest BCUT2D eigenvalue weighted by atomic mass is 10.1. The van der Waals surface area contributed by atoms with Crippen LogP contribution in [0.4, 0.5) is 0 Å². The zero-order chi connectivity index (χ0) is 44.9. The summed E-state index contributed by atoms with van der Waals surface area (Å²) in [6.45, 7) is 4.15. The Morgan fingerprint density at radius 3 is 1.13 bits per heavy atom. The van der Waals surface area contributed by atoms with Crippen LogP contribution in [0.25, 0.3) is 0 Å². The maximum atomic E-state index is 12.4. The van der Waals surface area contributed by atoms with Gasteiger partial charge in [-0.15, -0.1) is 0 Å². The topological polar surface area (TPSA) is 69.6 Å². The van der Waals surface area contributed by atoms with Crippen molar-refractivity contribution >= 4 is 5.91 Å². The second kappa shape index (κ2) is 51.6. The van der Waals surface area contributed by atoms with Crippen molar-refractivity contribution in [3.63, 3.8) is 0 Å². The predicted molar refractivity (Wildman–Crippen MR) is 275 cm³/mol. The smallest absolute Gasteiger partial charge is 0.220 e. The summed E-state index contributed by atoms with van der Waals surface area (Å²) in [6.07, 6.45) is 82.5. The number of rotatable bonds is 43. The van der Waals surface area contributed by atoms with Gasteiger partial charge in [0.15, 0.2) is 0 Å². The molecule has 0 radical (unpaired) electrons. The van der Waals surface area contributed by atoms with Crippen molar-refractivity contribution < 1.29 is 15.0 Å². The average Bonchev–Trinajstić information content (AvgIpc) is 3.28. The first kappa shape index (κ1) is 58.3. The highest BCUT2D eigenvalue weighted by molar-refractivity contribution is 5.76. The molecule has 0 aliphatic rings. The number of carbonyl (C=O) groups is 1. The van der Waals surface area contributed by atoms with Gasteiger partial charge in [0.1, 0.15) is 0 Å². The highest BCUT2D eigenvalue weighted by atomic mass is 16.3. The summed E-state index contributed by atoms with van der Waals surface area (Å²) in [6, 6.07) is -0.663. The Balaban J connectivity index is 3.75. The van der Waals surface area contributed by atoms with Gasteiger partial charge in [-0.25, -0.2) is 0 Å². The van der Waals surface area contributed by atoms with E-state index in [1.165, 1.54) is 57.8 Å². The van der Waals surface area contributed by atoms with E-state index in [0.717, 1.165) is 116 Å². The third-order valence-corrected chi connectivity index (χ3v) is 10.3. The van der Waals surface area contributed by atoms with Crippen molar-refractivity contribution in [2.75, 3.05) is 6.61 Å². The molecular weight excluding hydrogens is 759 g/mol. The van der Waals surface area contributed by atoms with Gasteiger partial charge in [-0.1, -0.05) is 224 Å². The minimum Gasteiger partial charge on any atom is -0.394 e. The van der Waals surface area contributed by atoms with Gasteiger partial charge in [-0.3, -0.25) is 4.79 Å². The summed E-state index contributed by atoms with van der Waals surface area (Å²) in [7, 11) is 0. The van der Waals surface area contributed by atoms with Crippen LogP contribution in [0.2, 0.25) is 0 Å². The highest BCUT2D eigenvalue weighted by Gasteiger charge is 2.17. The zero-order valence-electron chi connectivity index (χ0n) is 39.8. The first-order valence-corrected chi connectivity index (χ1v) is 25.0. The molecule has 0 bridgehead atoms. The molecule has 0 aromatic heterocycles. The van der Waals surface area contributed by atoms with Gasteiger partial charge in [0.25, 0.3) is 0 Å². The van der Waals surface area contributed by atoms with Crippen molar-refractivity contribution in [2.24, 2.45) is 0 Å². The van der Waals surface area contributed by atoms with Gasteiger partial charge < -0.3 is 15.5 Å². The van der Waals surface area contributed by atoms with Crippen LogP contribution in [0, 0.1) is 0 Å². The van der Waals surface area contributed by atoms with Crippen LogP contribution in [-0.4, -0.2) is 34.9 Å². The molecule has 4 nitrogen and oxygen atoms in total. The molecule has 2 atom stereocenters. The van der Waals surface area contributed by atoms with Crippen LogP contribution < -0.4 is 5.32 Å². The standard InChI is InChI=1S/C58H93NO3/c1-3-5-7-9-11-13-15-17-19-20-21-22-23-24-25-26-27-28-29-30-31-32-33-34-35-36-37-38-40-42-44-46-48-50-52-54-58(62)59-56(55-60)57(61)53-51-49-47-45-43-41-39-18-16-14-12-10-8-6-4-2/h5,7,11,13,17,19,21-22,24-25,27-28,30-31,33-34,36-37,40,42-43,45,51,53,56-57,60-61H,3-4,6,8-10,12,14-16,18,20,23,26,29,32,35,38-39,41,44,46-50,52,54-55H2,1-2H3,(H,59,62)/b7-5-,13-11-,19-17-,22-21-,25-24-,28-27-,31-30-,34-33-,37-36-,42-40-,45-43+,53-51+. The minimum absolute atomic E-state index is 0.106. The van der Waals surface area contributed by atoms with Crippen LogP contribution in [0.15, 0.2) is 146 Å². The largest absolute Gasteiger partial charge is 0.394 e. The van der Waals surface area contributed by atoms with Crippen molar-refractivity contribution in [2.45, 2.75) is 206 Å². The lowest BCUT2D eigenvalue weighted by molar-refractivity contribution is -0.123. The van der Waals surface area contributed by atoms with Crippen molar-refractivity contribution in [1.29, 1.82) is 0 Å². The molecule has 4 heteroatoms. The predicted octanol–water partition coefficient (Wildman–Crippen LogP) is 16.5. The third-order valence-electron chi connectivity index (χ3n) is 10.3. The number of aliphatic hydroxyl groups excluding tert-OH is 2. The van der Waals surface area contributed by atoms with Crippen LogP contribution >= 0.6 is 0 Å². The second-order valence-electron chi connectivity index (χ2n) is 16.1. The maximum Gasteiger partial charge on any atom is 0.220 e. The fraction of sp³-hybridized carbons (Fsp3) is 0.569. The number of allylic oxidation sites excluding steroid dienone is 23. The molecule has 0 aromatic rings. The molecule has 1 amide bonds. The number of amides is 1. The molecule has 0 aliphatic heterocycles. The molecule has 0 heterocycles. The summed E-state index contributed by atoms with van der Waals surface area (Å²) in [5.41, 5.74) is 0. The zero-order valence-corrected chi connectivity index (χ0v) is 39.8. The molecule has 0 fully saturated rings. The van der Waals surface area contributed by atoms with Gasteiger partial charge in [0.2, 0.25) is 5.91 Å². The Bertz CT molecular complexity index is 1330. The number of hydrogen-bond acceptors (Lipinski definition) is 3. The molecule has 0 rings (SSSR count).